The molecule has 5 nitrogen and oxygen atoms in total. The molecule has 2 amide bonds. The maximum absolute atomic E-state index is 13.5. The number of halogens is 1. The van der Waals surface area contributed by atoms with Gasteiger partial charge < -0.3 is 14.5 Å². The van der Waals surface area contributed by atoms with Crippen molar-refractivity contribution >= 4 is 23.2 Å². The Morgan fingerprint density at radius 2 is 1.81 bits per heavy atom. The van der Waals surface area contributed by atoms with Crippen molar-refractivity contribution in [2.24, 2.45) is 5.92 Å². The Hall–Kier alpha value is -2.41. The molecule has 1 saturated carbocycles. The summed E-state index contributed by atoms with van der Waals surface area (Å²) in [5, 5.41) is 2.04. The van der Waals surface area contributed by atoms with E-state index in [1.807, 2.05) is 16.3 Å². The predicted octanol–water partition coefficient (Wildman–Crippen LogP) is 2.74. The van der Waals surface area contributed by atoms with Crippen molar-refractivity contribution < 1.29 is 18.7 Å². The zero-order chi connectivity index (χ0) is 18.8. The lowest BCUT2D eigenvalue weighted by molar-refractivity contribution is -0.141. The molecule has 2 aromatic rings. The van der Waals surface area contributed by atoms with Gasteiger partial charge in [0.25, 0.3) is 5.91 Å². The quantitative estimate of drug-likeness (QED) is 0.791. The molecule has 1 aliphatic carbocycles. The molecule has 2 aliphatic rings. The summed E-state index contributed by atoms with van der Waals surface area (Å²) in [7, 11) is 0. The molecule has 0 N–H and O–H groups in total. The lowest BCUT2D eigenvalue weighted by Crippen LogP contribution is -2.52. The standard InChI is InChI=1S/C20H21FN2O3S/c21-16-4-1-2-5-17(16)26-13-19(24)22-7-9-23(10-8-22)20(25)15-12-14(15)18-6-3-11-27-18/h1-6,11,14-15H,7-10,12-13H2/t14-,15+/m0/s1. The summed E-state index contributed by atoms with van der Waals surface area (Å²) in [5.74, 6) is 0.0661. The molecule has 27 heavy (non-hydrogen) atoms. The SMILES string of the molecule is O=C(COc1ccccc1F)N1CCN(C(=O)[C@@H]2C[C@@H]2c2cccs2)CC1. The minimum Gasteiger partial charge on any atom is -0.481 e. The number of rotatable bonds is 5. The van der Waals surface area contributed by atoms with Crippen molar-refractivity contribution in [3.05, 3.63) is 52.5 Å². The van der Waals surface area contributed by atoms with Crippen molar-refractivity contribution in [2.45, 2.75) is 12.3 Å². The molecule has 1 saturated heterocycles. The average molecular weight is 388 g/mol. The summed E-state index contributed by atoms with van der Waals surface area (Å²) in [4.78, 5) is 29.8. The molecule has 4 rings (SSSR count). The number of ether oxygens (including phenoxy) is 1. The van der Waals surface area contributed by atoms with Gasteiger partial charge in [-0.05, 0) is 30.0 Å². The van der Waals surface area contributed by atoms with Gasteiger partial charge in [0.2, 0.25) is 5.91 Å². The second-order valence-corrected chi connectivity index (χ2v) is 7.87. The molecule has 0 bridgehead atoms. The van der Waals surface area contributed by atoms with Crippen molar-refractivity contribution in [1.82, 2.24) is 9.80 Å². The van der Waals surface area contributed by atoms with Gasteiger partial charge in [0, 0.05) is 42.9 Å². The van der Waals surface area contributed by atoms with Crippen molar-refractivity contribution in [3.63, 3.8) is 0 Å². The van der Waals surface area contributed by atoms with Gasteiger partial charge in [0.05, 0.1) is 0 Å². The number of hydrogen-bond donors (Lipinski definition) is 0. The first kappa shape index (κ1) is 18.0. The lowest BCUT2D eigenvalue weighted by atomic mass is 10.2. The van der Waals surface area contributed by atoms with Gasteiger partial charge >= 0.3 is 0 Å². The third-order valence-electron chi connectivity index (χ3n) is 5.15. The van der Waals surface area contributed by atoms with Crippen molar-refractivity contribution in [3.8, 4) is 5.75 Å². The van der Waals surface area contributed by atoms with Crippen LogP contribution in [-0.4, -0.2) is 54.4 Å². The number of thiophene rings is 1. The fraction of sp³-hybridized carbons (Fsp3) is 0.400. The highest BCUT2D eigenvalue weighted by molar-refractivity contribution is 7.10. The smallest absolute Gasteiger partial charge is 0.260 e. The predicted molar refractivity (Wildman–Crippen MR) is 100 cm³/mol. The number of hydrogen-bond acceptors (Lipinski definition) is 4. The van der Waals surface area contributed by atoms with E-state index in [-0.39, 0.29) is 30.1 Å². The fourth-order valence-corrected chi connectivity index (χ4v) is 4.39. The molecule has 2 heterocycles. The van der Waals surface area contributed by atoms with Crippen molar-refractivity contribution in [1.29, 1.82) is 0 Å². The molecule has 0 spiro atoms. The van der Waals surface area contributed by atoms with E-state index in [4.69, 9.17) is 4.74 Å². The summed E-state index contributed by atoms with van der Waals surface area (Å²) >= 11 is 1.71. The maximum atomic E-state index is 13.5. The van der Waals surface area contributed by atoms with Gasteiger partial charge in [0.15, 0.2) is 18.2 Å². The van der Waals surface area contributed by atoms with E-state index in [1.54, 1.807) is 28.4 Å². The number of nitrogens with zero attached hydrogens (tertiary/aromatic N) is 2. The van der Waals surface area contributed by atoms with Gasteiger partial charge in [-0.15, -0.1) is 11.3 Å². The number of carbonyl (C=O) groups is 2. The molecule has 2 atom stereocenters. The van der Waals surface area contributed by atoms with Gasteiger partial charge in [-0.25, -0.2) is 4.39 Å². The van der Waals surface area contributed by atoms with E-state index in [9.17, 15) is 14.0 Å². The highest BCUT2D eigenvalue weighted by Gasteiger charge is 2.46. The first-order valence-corrected chi connectivity index (χ1v) is 9.99. The average Bonchev–Trinajstić information content (AvgIpc) is 3.31. The van der Waals surface area contributed by atoms with Gasteiger partial charge in [-0.2, -0.15) is 0 Å². The van der Waals surface area contributed by atoms with E-state index in [1.165, 1.54) is 17.0 Å². The Morgan fingerprint density at radius 1 is 1.07 bits per heavy atom. The van der Waals surface area contributed by atoms with Crippen LogP contribution >= 0.6 is 11.3 Å². The first-order chi connectivity index (χ1) is 13.1. The molecule has 1 aliphatic heterocycles. The van der Waals surface area contributed by atoms with Crippen LogP contribution in [0.25, 0.3) is 0 Å². The molecule has 2 fully saturated rings. The zero-order valence-corrected chi connectivity index (χ0v) is 15.7. The Morgan fingerprint density at radius 3 is 2.52 bits per heavy atom. The molecular weight excluding hydrogens is 367 g/mol. The van der Waals surface area contributed by atoms with Crippen LogP contribution in [-0.2, 0) is 9.59 Å². The first-order valence-electron chi connectivity index (χ1n) is 9.11. The van der Waals surface area contributed by atoms with E-state index in [0.717, 1.165) is 6.42 Å². The van der Waals surface area contributed by atoms with Crippen LogP contribution in [0.1, 0.15) is 17.2 Å². The number of piperazine rings is 1. The third-order valence-corrected chi connectivity index (χ3v) is 6.15. The second kappa shape index (κ2) is 7.68. The topological polar surface area (TPSA) is 49.9 Å². The Balaban J connectivity index is 1.23. The zero-order valence-electron chi connectivity index (χ0n) is 14.8. The van der Waals surface area contributed by atoms with E-state index >= 15 is 0 Å². The molecule has 1 aromatic carbocycles. The molecule has 0 radical (unpaired) electrons. The van der Waals surface area contributed by atoms with Gasteiger partial charge in [-0.3, -0.25) is 9.59 Å². The summed E-state index contributed by atoms with van der Waals surface area (Å²) in [6.07, 6.45) is 0.926. The van der Waals surface area contributed by atoms with Crippen LogP contribution in [0.3, 0.4) is 0 Å². The highest BCUT2D eigenvalue weighted by atomic mass is 32.1. The summed E-state index contributed by atoms with van der Waals surface area (Å²) in [6.45, 7) is 1.86. The third kappa shape index (κ3) is 3.98. The Bertz CT molecular complexity index is 818. The molecule has 1 aromatic heterocycles. The summed E-state index contributed by atoms with van der Waals surface area (Å²) in [6, 6.07) is 10.1. The van der Waals surface area contributed by atoms with Crippen LogP contribution in [0.2, 0.25) is 0 Å². The normalized spacial score (nSPS) is 21.8. The number of benzene rings is 1. The lowest BCUT2D eigenvalue weighted by Gasteiger charge is -2.35. The number of amides is 2. The van der Waals surface area contributed by atoms with Gasteiger partial charge in [-0.1, -0.05) is 18.2 Å². The number of carbonyl (C=O) groups excluding carboxylic acids is 2. The van der Waals surface area contributed by atoms with Crippen LogP contribution in [0.5, 0.6) is 5.75 Å². The second-order valence-electron chi connectivity index (χ2n) is 6.89. The fourth-order valence-electron chi connectivity index (χ4n) is 3.49. The minimum absolute atomic E-state index is 0.0769. The Labute approximate surface area is 161 Å². The number of para-hydroxylation sites is 1. The largest absolute Gasteiger partial charge is 0.481 e. The minimum atomic E-state index is -0.481. The van der Waals surface area contributed by atoms with Crippen LogP contribution in [0.15, 0.2) is 41.8 Å². The van der Waals surface area contributed by atoms with E-state index in [0.29, 0.717) is 32.1 Å². The Kier molecular flexibility index (Phi) is 5.11. The highest BCUT2D eigenvalue weighted by Crippen LogP contribution is 2.50. The van der Waals surface area contributed by atoms with E-state index in [2.05, 4.69) is 6.07 Å². The van der Waals surface area contributed by atoms with Crippen LogP contribution in [0.4, 0.5) is 4.39 Å². The van der Waals surface area contributed by atoms with Crippen LogP contribution in [0, 0.1) is 11.7 Å². The molecule has 7 heteroatoms. The molecular formula is C20H21FN2O3S. The maximum Gasteiger partial charge on any atom is 0.260 e. The van der Waals surface area contributed by atoms with Gasteiger partial charge in [0.1, 0.15) is 0 Å². The summed E-state index contributed by atoms with van der Waals surface area (Å²) < 4.78 is 18.8. The van der Waals surface area contributed by atoms with E-state index < -0.39 is 5.82 Å². The monoisotopic (exact) mass is 388 g/mol. The molecule has 0 unspecified atom stereocenters. The van der Waals surface area contributed by atoms with Crippen LogP contribution < -0.4 is 4.74 Å². The summed E-state index contributed by atoms with van der Waals surface area (Å²) in [5.41, 5.74) is 0. The molecule has 142 valence electrons. The van der Waals surface area contributed by atoms with Crippen molar-refractivity contribution in [2.75, 3.05) is 32.8 Å².